The summed E-state index contributed by atoms with van der Waals surface area (Å²) in [5.74, 6) is 0.704. The van der Waals surface area contributed by atoms with Crippen LogP contribution in [-0.4, -0.2) is 44.1 Å². The van der Waals surface area contributed by atoms with Gasteiger partial charge in [-0.15, -0.1) is 0 Å². The Morgan fingerprint density at radius 2 is 1.80 bits per heavy atom. The minimum atomic E-state index is -3.23. The smallest absolute Gasteiger partial charge is 0.226 e. The summed E-state index contributed by atoms with van der Waals surface area (Å²) in [4.78, 5) is 14.9. The zero-order valence-corrected chi connectivity index (χ0v) is 18.3. The van der Waals surface area contributed by atoms with Gasteiger partial charge in [-0.2, -0.15) is 0 Å². The number of carbonyl (C=O) groups is 1. The average Bonchev–Trinajstić information content (AvgIpc) is 3.20. The van der Waals surface area contributed by atoms with Gasteiger partial charge in [0.05, 0.1) is 5.75 Å². The Kier molecular flexibility index (Phi) is 6.25. The van der Waals surface area contributed by atoms with E-state index < -0.39 is 10.0 Å². The lowest BCUT2D eigenvalue weighted by atomic mass is 9.70. The standard InChI is InChI=1S/C24H30N2O3S/c1-2-30(28,29)25-22-13-14-26(17-22)24(27)23-12-11-21(23)16-18-7-6-10-20(15-18)19-8-4-3-5-9-19/h3-10,15,21-23,25H,2,11-14,16-17H2,1H3/t21-,22?,23?/m0/s1. The first kappa shape index (κ1) is 21.1. The number of hydrogen-bond acceptors (Lipinski definition) is 3. The summed E-state index contributed by atoms with van der Waals surface area (Å²) >= 11 is 0. The molecule has 1 saturated heterocycles. The van der Waals surface area contributed by atoms with Crippen molar-refractivity contribution < 1.29 is 13.2 Å². The van der Waals surface area contributed by atoms with Crippen molar-refractivity contribution in [2.24, 2.45) is 11.8 Å². The molecule has 160 valence electrons. The molecule has 1 aliphatic heterocycles. The third-order valence-electron chi connectivity index (χ3n) is 6.49. The molecule has 1 heterocycles. The fraction of sp³-hybridized carbons (Fsp3) is 0.458. The largest absolute Gasteiger partial charge is 0.341 e. The van der Waals surface area contributed by atoms with Crippen molar-refractivity contribution in [3.8, 4) is 11.1 Å². The maximum atomic E-state index is 13.0. The molecule has 3 atom stereocenters. The van der Waals surface area contributed by atoms with Crippen molar-refractivity contribution >= 4 is 15.9 Å². The molecule has 1 saturated carbocycles. The van der Waals surface area contributed by atoms with Crippen LogP contribution in [-0.2, 0) is 21.2 Å². The number of sulfonamides is 1. The predicted octanol–water partition coefficient (Wildman–Crippen LogP) is 3.46. The highest BCUT2D eigenvalue weighted by Crippen LogP contribution is 2.39. The molecule has 2 fully saturated rings. The second kappa shape index (κ2) is 8.90. The van der Waals surface area contributed by atoms with Crippen LogP contribution in [0.3, 0.4) is 0 Å². The van der Waals surface area contributed by atoms with Crippen LogP contribution in [0, 0.1) is 11.8 Å². The van der Waals surface area contributed by atoms with Crippen LogP contribution in [0.1, 0.15) is 31.7 Å². The first-order valence-corrected chi connectivity index (χ1v) is 12.5. The van der Waals surface area contributed by atoms with E-state index in [-0.39, 0.29) is 23.6 Å². The Balaban J connectivity index is 1.36. The molecule has 0 radical (unpaired) electrons. The van der Waals surface area contributed by atoms with E-state index in [9.17, 15) is 13.2 Å². The van der Waals surface area contributed by atoms with Gasteiger partial charge in [0.15, 0.2) is 0 Å². The molecule has 1 amide bonds. The predicted molar refractivity (Wildman–Crippen MR) is 119 cm³/mol. The number of amides is 1. The summed E-state index contributed by atoms with van der Waals surface area (Å²) < 4.78 is 26.3. The van der Waals surface area contributed by atoms with E-state index in [1.807, 2.05) is 23.1 Å². The zero-order chi connectivity index (χ0) is 21.1. The number of carbonyl (C=O) groups excluding carboxylic acids is 1. The highest BCUT2D eigenvalue weighted by molar-refractivity contribution is 7.89. The van der Waals surface area contributed by atoms with Crippen LogP contribution < -0.4 is 4.72 Å². The fourth-order valence-electron chi connectivity index (χ4n) is 4.58. The Morgan fingerprint density at radius 1 is 1.03 bits per heavy atom. The van der Waals surface area contributed by atoms with Crippen molar-refractivity contribution in [3.63, 3.8) is 0 Å². The van der Waals surface area contributed by atoms with Gasteiger partial charge in [-0.3, -0.25) is 4.79 Å². The van der Waals surface area contributed by atoms with Crippen molar-refractivity contribution in [1.29, 1.82) is 0 Å². The quantitative estimate of drug-likeness (QED) is 0.737. The maximum absolute atomic E-state index is 13.0. The zero-order valence-electron chi connectivity index (χ0n) is 17.5. The van der Waals surface area contributed by atoms with Crippen LogP contribution in [0.15, 0.2) is 54.6 Å². The maximum Gasteiger partial charge on any atom is 0.226 e. The van der Waals surface area contributed by atoms with Gasteiger partial charge >= 0.3 is 0 Å². The average molecular weight is 427 g/mol. The van der Waals surface area contributed by atoms with E-state index in [4.69, 9.17) is 0 Å². The van der Waals surface area contributed by atoms with E-state index in [1.165, 1.54) is 16.7 Å². The molecule has 4 rings (SSSR count). The summed E-state index contributed by atoms with van der Waals surface area (Å²) in [5.41, 5.74) is 3.69. The van der Waals surface area contributed by atoms with E-state index >= 15 is 0 Å². The molecule has 0 aromatic heterocycles. The topological polar surface area (TPSA) is 66.5 Å². The fourth-order valence-corrected chi connectivity index (χ4v) is 5.45. The Morgan fingerprint density at radius 3 is 2.50 bits per heavy atom. The monoisotopic (exact) mass is 426 g/mol. The summed E-state index contributed by atoms with van der Waals surface area (Å²) in [6.45, 7) is 2.76. The van der Waals surface area contributed by atoms with Gasteiger partial charge in [0.2, 0.25) is 15.9 Å². The first-order valence-electron chi connectivity index (χ1n) is 10.9. The van der Waals surface area contributed by atoms with Gasteiger partial charge in [0.1, 0.15) is 0 Å². The third-order valence-corrected chi connectivity index (χ3v) is 7.95. The minimum absolute atomic E-state index is 0.0620. The SMILES string of the molecule is CCS(=O)(=O)NC1CCN(C(=O)C2CC[C@H]2Cc2cccc(-c3ccccc3)c2)C1. The minimum Gasteiger partial charge on any atom is -0.341 e. The second-order valence-corrected chi connectivity index (χ2v) is 10.5. The number of likely N-dealkylation sites (tertiary alicyclic amines) is 1. The molecule has 2 aromatic rings. The lowest BCUT2D eigenvalue weighted by Crippen LogP contribution is -2.45. The summed E-state index contributed by atoms with van der Waals surface area (Å²) in [5, 5.41) is 0. The van der Waals surface area contributed by atoms with Crippen LogP contribution >= 0.6 is 0 Å². The molecule has 1 N–H and O–H groups in total. The van der Waals surface area contributed by atoms with E-state index in [2.05, 4.69) is 41.1 Å². The van der Waals surface area contributed by atoms with Crippen molar-refractivity contribution in [2.45, 2.75) is 38.6 Å². The molecule has 2 aromatic carbocycles. The van der Waals surface area contributed by atoms with Gasteiger partial charge in [-0.25, -0.2) is 13.1 Å². The lowest BCUT2D eigenvalue weighted by Gasteiger charge is -2.38. The van der Waals surface area contributed by atoms with Crippen LogP contribution in [0.5, 0.6) is 0 Å². The Bertz CT molecular complexity index is 991. The van der Waals surface area contributed by atoms with Crippen molar-refractivity contribution in [3.05, 3.63) is 60.2 Å². The molecule has 6 heteroatoms. The summed E-state index contributed by atoms with van der Waals surface area (Å²) in [6, 6.07) is 18.8. The number of nitrogens with one attached hydrogen (secondary N) is 1. The van der Waals surface area contributed by atoms with Gasteiger partial charge in [0.25, 0.3) is 0 Å². The molecule has 30 heavy (non-hydrogen) atoms. The van der Waals surface area contributed by atoms with E-state index in [0.717, 1.165) is 19.3 Å². The normalized spacial score (nSPS) is 23.9. The summed E-state index contributed by atoms with van der Waals surface area (Å²) in [7, 11) is -3.23. The first-order chi connectivity index (χ1) is 14.4. The highest BCUT2D eigenvalue weighted by atomic mass is 32.2. The van der Waals surface area contributed by atoms with Gasteiger partial charge in [-0.05, 0) is 55.2 Å². The molecule has 2 unspecified atom stereocenters. The molecular formula is C24H30N2O3S. The number of benzene rings is 2. The van der Waals surface area contributed by atoms with E-state index in [0.29, 0.717) is 25.4 Å². The lowest BCUT2D eigenvalue weighted by molar-refractivity contribution is -0.140. The van der Waals surface area contributed by atoms with Crippen molar-refractivity contribution in [2.75, 3.05) is 18.8 Å². The second-order valence-electron chi connectivity index (χ2n) is 8.51. The molecule has 0 bridgehead atoms. The van der Waals surface area contributed by atoms with E-state index in [1.54, 1.807) is 6.92 Å². The molecular weight excluding hydrogens is 396 g/mol. The summed E-state index contributed by atoms with van der Waals surface area (Å²) in [6.07, 6.45) is 3.62. The van der Waals surface area contributed by atoms with Crippen molar-refractivity contribution in [1.82, 2.24) is 9.62 Å². The van der Waals surface area contributed by atoms with Gasteiger partial charge in [-0.1, -0.05) is 54.6 Å². The number of hydrogen-bond donors (Lipinski definition) is 1. The third kappa shape index (κ3) is 4.76. The van der Waals surface area contributed by atoms with Gasteiger partial charge < -0.3 is 4.90 Å². The molecule has 0 spiro atoms. The van der Waals surface area contributed by atoms with Crippen LogP contribution in [0.2, 0.25) is 0 Å². The molecule has 2 aliphatic rings. The number of nitrogens with zero attached hydrogens (tertiary/aromatic N) is 1. The number of rotatable bonds is 7. The van der Waals surface area contributed by atoms with Crippen LogP contribution in [0.4, 0.5) is 0 Å². The molecule has 5 nitrogen and oxygen atoms in total. The highest BCUT2D eigenvalue weighted by Gasteiger charge is 2.40. The molecule has 1 aliphatic carbocycles. The van der Waals surface area contributed by atoms with Crippen LogP contribution in [0.25, 0.3) is 11.1 Å². The van der Waals surface area contributed by atoms with Gasteiger partial charge in [0, 0.05) is 25.0 Å². The Labute approximate surface area is 179 Å². The Hall–Kier alpha value is -2.18.